The number of benzene rings is 2. The van der Waals surface area contributed by atoms with Crippen LogP contribution in [0.2, 0.25) is 0 Å². The maximum Gasteiger partial charge on any atom is 0.166 e. The second-order valence-corrected chi connectivity index (χ2v) is 4.18. The summed E-state index contributed by atoms with van der Waals surface area (Å²) in [5.74, 6) is -0.958. The van der Waals surface area contributed by atoms with Crippen molar-refractivity contribution in [3.05, 3.63) is 66.3 Å². The van der Waals surface area contributed by atoms with E-state index in [0.29, 0.717) is 23.5 Å². The molecule has 0 aromatic heterocycles. The summed E-state index contributed by atoms with van der Waals surface area (Å²) in [6, 6.07) is 9.98. The molecule has 0 radical (unpaired) electrons. The molecular weight excluding hydrogens is 246 g/mol. The van der Waals surface area contributed by atoms with Gasteiger partial charge in [-0.25, -0.2) is 8.78 Å². The molecule has 0 fully saturated rings. The number of aryl methyl sites for hydroxylation is 1. The van der Waals surface area contributed by atoms with Gasteiger partial charge in [-0.05, 0) is 30.2 Å². The van der Waals surface area contributed by atoms with E-state index < -0.39 is 11.6 Å². The minimum atomic E-state index is -0.820. The van der Waals surface area contributed by atoms with Crippen LogP contribution in [0.3, 0.4) is 0 Å². The molecule has 2 aromatic carbocycles. The Morgan fingerprint density at radius 2 is 1.74 bits per heavy atom. The molecule has 0 bridgehead atoms. The molecule has 0 saturated carbocycles. The van der Waals surface area contributed by atoms with E-state index in [2.05, 4.69) is 6.58 Å². The Labute approximate surface area is 111 Å². The SMILES string of the molecule is C=CCOc1ccc(-c2ccc(C)c(F)c2F)cc1. The first-order chi connectivity index (χ1) is 9.13. The normalized spacial score (nSPS) is 10.3. The van der Waals surface area contributed by atoms with Crippen molar-refractivity contribution in [2.45, 2.75) is 6.92 Å². The Bertz CT molecular complexity index is 588. The molecular formula is C16H14F2O. The molecule has 0 saturated heterocycles. The van der Waals surface area contributed by atoms with Gasteiger partial charge >= 0.3 is 0 Å². The molecule has 0 aliphatic carbocycles. The van der Waals surface area contributed by atoms with E-state index in [1.807, 2.05) is 0 Å². The Balaban J connectivity index is 2.32. The molecule has 2 rings (SSSR count). The third-order valence-corrected chi connectivity index (χ3v) is 2.81. The quantitative estimate of drug-likeness (QED) is 0.735. The fourth-order valence-electron chi connectivity index (χ4n) is 1.75. The summed E-state index contributed by atoms with van der Waals surface area (Å²) >= 11 is 0. The maximum absolute atomic E-state index is 13.8. The molecule has 2 aromatic rings. The Morgan fingerprint density at radius 1 is 1.05 bits per heavy atom. The molecule has 0 heterocycles. The van der Waals surface area contributed by atoms with Gasteiger partial charge in [0.05, 0.1) is 0 Å². The van der Waals surface area contributed by atoms with Crippen molar-refractivity contribution in [2.24, 2.45) is 0 Å². The van der Waals surface area contributed by atoms with Crippen LogP contribution in [0.15, 0.2) is 49.1 Å². The van der Waals surface area contributed by atoms with Crippen LogP contribution >= 0.6 is 0 Å². The van der Waals surface area contributed by atoms with E-state index >= 15 is 0 Å². The first-order valence-corrected chi connectivity index (χ1v) is 5.92. The monoisotopic (exact) mass is 260 g/mol. The Morgan fingerprint density at radius 3 is 2.37 bits per heavy atom. The van der Waals surface area contributed by atoms with E-state index in [4.69, 9.17) is 4.74 Å². The van der Waals surface area contributed by atoms with Gasteiger partial charge in [0, 0.05) is 5.56 Å². The van der Waals surface area contributed by atoms with Crippen LogP contribution in [0.4, 0.5) is 8.78 Å². The van der Waals surface area contributed by atoms with Crippen LogP contribution in [-0.4, -0.2) is 6.61 Å². The number of hydrogen-bond acceptors (Lipinski definition) is 1. The van der Waals surface area contributed by atoms with Crippen molar-refractivity contribution in [3.63, 3.8) is 0 Å². The largest absolute Gasteiger partial charge is 0.490 e. The van der Waals surface area contributed by atoms with Crippen molar-refractivity contribution < 1.29 is 13.5 Å². The molecule has 0 atom stereocenters. The van der Waals surface area contributed by atoms with Gasteiger partial charge in [0.25, 0.3) is 0 Å². The summed E-state index contributed by atoms with van der Waals surface area (Å²) in [7, 11) is 0. The lowest BCUT2D eigenvalue weighted by Crippen LogP contribution is -1.94. The van der Waals surface area contributed by atoms with Crippen LogP contribution in [0.5, 0.6) is 5.75 Å². The zero-order chi connectivity index (χ0) is 13.8. The topological polar surface area (TPSA) is 9.23 Å². The molecule has 19 heavy (non-hydrogen) atoms. The molecule has 0 amide bonds. The van der Waals surface area contributed by atoms with Crippen molar-refractivity contribution in [1.82, 2.24) is 0 Å². The number of halogens is 2. The van der Waals surface area contributed by atoms with Gasteiger partial charge in [-0.1, -0.05) is 36.9 Å². The van der Waals surface area contributed by atoms with Crippen molar-refractivity contribution in [3.8, 4) is 16.9 Å². The zero-order valence-electron chi connectivity index (χ0n) is 10.6. The van der Waals surface area contributed by atoms with E-state index in [-0.39, 0.29) is 5.56 Å². The average molecular weight is 260 g/mol. The summed E-state index contributed by atoms with van der Waals surface area (Å²) in [5.41, 5.74) is 1.16. The summed E-state index contributed by atoms with van der Waals surface area (Å²) in [6.07, 6.45) is 1.64. The Hall–Kier alpha value is -2.16. The second kappa shape index (κ2) is 5.65. The lowest BCUT2D eigenvalue weighted by atomic mass is 10.0. The molecule has 98 valence electrons. The van der Waals surface area contributed by atoms with Gasteiger partial charge in [0.2, 0.25) is 0 Å². The highest BCUT2D eigenvalue weighted by Gasteiger charge is 2.12. The summed E-state index contributed by atoms with van der Waals surface area (Å²) in [5, 5.41) is 0. The number of hydrogen-bond donors (Lipinski definition) is 0. The standard InChI is InChI=1S/C16H14F2O/c1-3-10-19-13-7-5-12(6-8-13)14-9-4-11(2)15(17)16(14)18/h3-9H,1,10H2,2H3. The van der Waals surface area contributed by atoms with Gasteiger partial charge in [-0.15, -0.1) is 0 Å². The first kappa shape index (κ1) is 13.3. The van der Waals surface area contributed by atoms with Gasteiger partial charge in [-0.3, -0.25) is 0 Å². The van der Waals surface area contributed by atoms with E-state index in [1.54, 1.807) is 42.5 Å². The van der Waals surface area contributed by atoms with Crippen LogP contribution < -0.4 is 4.74 Å². The third-order valence-electron chi connectivity index (χ3n) is 2.81. The fraction of sp³-hybridized carbons (Fsp3) is 0.125. The zero-order valence-corrected chi connectivity index (χ0v) is 10.6. The van der Waals surface area contributed by atoms with Gasteiger partial charge in [0.15, 0.2) is 11.6 Å². The van der Waals surface area contributed by atoms with Crippen molar-refractivity contribution in [2.75, 3.05) is 6.61 Å². The third kappa shape index (κ3) is 2.81. The van der Waals surface area contributed by atoms with E-state index in [9.17, 15) is 8.78 Å². The van der Waals surface area contributed by atoms with Crippen LogP contribution in [0.1, 0.15) is 5.56 Å². The molecule has 1 nitrogen and oxygen atoms in total. The van der Waals surface area contributed by atoms with Gasteiger partial charge in [-0.2, -0.15) is 0 Å². The van der Waals surface area contributed by atoms with Gasteiger partial charge < -0.3 is 4.74 Å². The maximum atomic E-state index is 13.8. The molecule has 0 aliphatic rings. The summed E-state index contributed by atoms with van der Waals surface area (Å²) in [4.78, 5) is 0. The minimum absolute atomic E-state index is 0.248. The van der Waals surface area contributed by atoms with E-state index in [1.165, 1.54) is 6.92 Å². The Kier molecular flexibility index (Phi) is 3.95. The number of rotatable bonds is 4. The summed E-state index contributed by atoms with van der Waals surface area (Å²) < 4.78 is 32.7. The molecule has 3 heteroatoms. The first-order valence-electron chi connectivity index (χ1n) is 5.92. The molecule has 0 spiro atoms. The smallest absolute Gasteiger partial charge is 0.166 e. The van der Waals surface area contributed by atoms with Crippen molar-refractivity contribution >= 4 is 0 Å². The molecule has 0 N–H and O–H groups in total. The highest BCUT2D eigenvalue weighted by atomic mass is 19.2. The summed E-state index contributed by atoms with van der Waals surface area (Å²) in [6.45, 7) is 5.50. The lowest BCUT2D eigenvalue weighted by molar-refractivity contribution is 0.363. The highest BCUT2D eigenvalue weighted by Crippen LogP contribution is 2.27. The fourth-order valence-corrected chi connectivity index (χ4v) is 1.75. The van der Waals surface area contributed by atoms with Crippen molar-refractivity contribution in [1.29, 1.82) is 0 Å². The average Bonchev–Trinajstić information content (AvgIpc) is 2.44. The predicted molar refractivity (Wildman–Crippen MR) is 72.2 cm³/mol. The minimum Gasteiger partial charge on any atom is -0.490 e. The highest BCUT2D eigenvalue weighted by molar-refractivity contribution is 5.65. The van der Waals surface area contributed by atoms with Crippen LogP contribution in [-0.2, 0) is 0 Å². The van der Waals surface area contributed by atoms with Gasteiger partial charge in [0.1, 0.15) is 12.4 Å². The molecule has 0 unspecified atom stereocenters. The lowest BCUT2D eigenvalue weighted by Gasteiger charge is -2.08. The second-order valence-electron chi connectivity index (χ2n) is 4.18. The van der Waals surface area contributed by atoms with Crippen LogP contribution in [0.25, 0.3) is 11.1 Å². The van der Waals surface area contributed by atoms with Crippen LogP contribution in [0, 0.1) is 18.6 Å². The van der Waals surface area contributed by atoms with E-state index in [0.717, 1.165) is 0 Å². The molecule has 0 aliphatic heterocycles. The number of ether oxygens (including phenoxy) is 1. The predicted octanol–water partition coefficient (Wildman–Crippen LogP) is 4.51.